The van der Waals surface area contributed by atoms with Crippen molar-refractivity contribution >= 4 is 11.6 Å². The number of aryl methyl sites for hydroxylation is 1. The molecule has 1 aliphatic carbocycles. The average molecular weight is 321 g/mol. The van der Waals surface area contributed by atoms with Crippen molar-refractivity contribution in [3.8, 4) is 6.07 Å². The van der Waals surface area contributed by atoms with E-state index >= 15 is 0 Å². The van der Waals surface area contributed by atoms with Gasteiger partial charge in [-0.05, 0) is 54.7 Å². The van der Waals surface area contributed by atoms with Gasteiger partial charge >= 0.3 is 12.2 Å². The van der Waals surface area contributed by atoms with E-state index in [1.54, 1.807) is 6.33 Å². The van der Waals surface area contributed by atoms with Crippen LogP contribution in [0.4, 0.5) is 0 Å². The van der Waals surface area contributed by atoms with E-state index in [0.717, 1.165) is 41.9 Å². The predicted molar refractivity (Wildman–Crippen MR) is 85.2 cm³/mol. The highest BCUT2D eigenvalue weighted by atomic mass is 16.2. The number of nitrogens with zero attached hydrogens (tertiary/aromatic N) is 2. The lowest BCUT2D eigenvalue weighted by atomic mass is 9.98. The van der Waals surface area contributed by atoms with Crippen LogP contribution in [0.25, 0.3) is 5.70 Å². The molecule has 0 saturated heterocycles. The van der Waals surface area contributed by atoms with Crippen LogP contribution in [0.5, 0.6) is 0 Å². The second-order valence-electron chi connectivity index (χ2n) is 6.49. The van der Waals surface area contributed by atoms with Crippen LogP contribution in [0.3, 0.4) is 0 Å². The van der Waals surface area contributed by atoms with Crippen molar-refractivity contribution in [2.24, 2.45) is 5.92 Å². The molecule has 2 aromatic rings. The van der Waals surface area contributed by atoms with E-state index in [1.165, 1.54) is 0 Å². The highest BCUT2D eigenvalue weighted by Crippen LogP contribution is 2.29. The van der Waals surface area contributed by atoms with Gasteiger partial charge in [0.2, 0.25) is 11.6 Å². The fraction of sp³-hybridized carbons (Fsp3) is 0.333. The number of hydrogen-bond donors (Lipinski definition) is 2. The molecule has 0 spiro atoms. The highest BCUT2D eigenvalue weighted by molar-refractivity contribution is 5.81. The smallest absolute Gasteiger partial charge is 0.349 e. The van der Waals surface area contributed by atoms with Gasteiger partial charge in [-0.2, -0.15) is 10.2 Å². The number of H-pyrrole nitrogens is 2. The van der Waals surface area contributed by atoms with Crippen LogP contribution in [0, 0.1) is 24.2 Å². The van der Waals surface area contributed by atoms with Crippen molar-refractivity contribution in [3.63, 3.8) is 0 Å². The highest BCUT2D eigenvalue weighted by Gasteiger charge is 2.36. The normalized spacial score (nSPS) is 19.2. The van der Waals surface area contributed by atoms with Crippen LogP contribution in [-0.4, -0.2) is 17.0 Å². The van der Waals surface area contributed by atoms with E-state index in [9.17, 15) is 4.79 Å². The van der Waals surface area contributed by atoms with E-state index in [2.05, 4.69) is 27.5 Å². The first-order chi connectivity index (χ1) is 11.7. The topological polar surface area (TPSA) is 86.7 Å². The summed E-state index contributed by atoms with van der Waals surface area (Å²) in [5.41, 5.74) is 3.71. The first-order valence-electron chi connectivity index (χ1n) is 8.19. The second kappa shape index (κ2) is 5.60. The average Bonchev–Trinajstić information content (AvgIpc) is 3.32. The van der Waals surface area contributed by atoms with Crippen LogP contribution in [0.2, 0.25) is 0 Å². The molecule has 1 fully saturated rings. The number of nitrogens with one attached hydrogen (secondary N) is 3. The summed E-state index contributed by atoms with van der Waals surface area (Å²) in [7, 11) is 0. The summed E-state index contributed by atoms with van der Waals surface area (Å²) in [6, 6.07) is 7.80. The molecule has 24 heavy (non-hydrogen) atoms. The number of aromatic amines is 2. The van der Waals surface area contributed by atoms with Gasteiger partial charge in [0.05, 0.1) is 24.1 Å². The van der Waals surface area contributed by atoms with Gasteiger partial charge in [0.25, 0.3) is 0 Å². The Bertz CT molecular complexity index is 885. The minimum atomic E-state index is -0.0322. The molecule has 1 aliphatic heterocycles. The fourth-order valence-corrected chi connectivity index (χ4v) is 3.19. The number of amides is 1. The molecule has 6 nitrogen and oxygen atoms in total. The Labute approximate surface area is 139 Å². The summed E-state index contributed by atoms with van der Waals surface area (Å²) in [5, 5.41) is 15.4. The summed E-state index contributed by atoms with van der Waals surface area (Å²) >= 11 is 0. The number of fused-ring (bicyclic) bond motifs is 1. The maximum Gasteiger partial charge on any atom is 0.364 e. The summed E-state index contributed by atoms with van der Waals surface area (Å²) < 4.78 is 1.99. The number of carbonyl (C=O) groups is 1. The lowest BCUT2D eigenvalue weighted by Crippen LogP contribution is -2.50. The van der Waals surface area contributed by atoms with Crippen molar-refractivity contribution in [1.29, 1.82) is 5.26 Å². The monoisotopic (exact) mass is 321 g/mol. The molecule has 0 radical (unpaired) electrons. The molecular formula is C18H19N5O+2. The third-order valence-corrected chi connectivity index (χ3v) is 4.62. The Morgan fingerprint density at radius 2 is 2.29 bits per heavy atom. The zero-order chi connectivity index (χ0) is 16.7. The predicted octanol–water partition coefficient (Wildman–Crippen LogP) is 0.636. The summed E-state index contributed by atoms with van der Waals surface area (Å²) in [4.78, 5) is 15.3. The van der Waals surface area contributed by atoms with E-state index in [0.29, 0.717) is 5.56 Å². The zero-order valence-corrected chi connectivity index (χ0v) is 13.5. The molecule has 1 saturated carbocycles. The van der Waals surface area contributed by atoms with E-state index < -0.39 is 0 Å². The standard InChI is InChI=1S/C18H17N5O/c1-11-6-12(9-19)2-5-15(11)16-7-14(22-18(24)13-3-4-13)8-17-20-10-21-23(16)17/h2,5-7,10,13-14H,3-4,8H2,1H3,(H,22,24)/p+2. The molecule has 2 heterocycles. The van der Waals surface area contributed by atoms with Crippen LogP contribution in [0.1, 0.15) is 35.4 Å². The number of benzene rings is 1. The minimum absolute atomic E-state index is 0.0322. The molecule has 1 amide bonds. The van der Waals surface area contributed by atoms with Crippen molar-refractivity contribution in [2.75, 3.05) is 0 Å². The first-order valence-corrected chi connectivity index (χ1v) is 8.19. The van der Waals surface area contributed by atoms with Gasteiger partial charge in [0.1, 0.15) is 0 Å². The maximum atomic E-state index is 12.1. The number of aromatic nitrogens is 3. The summed E-state index contributed by atoms with van der Waals surface area (Å²) in [6.45, 7) is 2.00. The van der Waals surface area contributed by atoms with Crippen molar-refractivity contribution in [2.45, 2.75) is 32.2 Å². The lowest BCUT2D eigenvalue weighted by molar-refractivity contribution is -0.684. The maximum absolute atomic E-state index is 12.1. The van der Waals surface area contributed by atoms with Gasteiger partial charge in [0, 0.05) is 16.2 Å². The molecule has 6 heteroatoms. The minimum Gasteiger partial charge on any atom is -0.349 e. The zero-order valence-electron chi connectivity index (χ0n) is 13.5. The molecule has 1 unspecified atom stereocenters. The van der Waals surface area contributed by atoms with Gasteiger partial charge in [-0.15, -0.1) is 0 Å². The van der Waals surface area contributed by atoms with E-state index in [-0.39, 0.29) is 17.9 Å². The van der Waals surface area contributed by atoms with Gasteiger partial charge in [-0.1, -0.05) is 0 Å². The Hall–Kier alpha value is -2.94. The molecule has 120 valence electrons. The number of carbonyl (C=O) groups excluding carboxylic acids is 1. The van der Waals surface area contributed by atoms with Crippen LogP contribution >= 0.6 is 0 Å². The van der Waals surface area contributed by atoms with Crippen LogP contribution in [-0.2, 0) is 11.2 Å². The Morgan fingerprint density at radius 3 is 3.00 bits per heavy atom. The van der Waals surface area contributed by atoms with Crippen molar-refractivity contribution in [3.05, 3.63) is 53.1 Å². The molecule has 4 rings (SSSR count). The molecule has 0 bridgehead atoms. The number of rotatable bonds is 3. The quantitative estimate of drug-likeness (QED) is 0.813. The van der Waals surface area contributed by atoms with Crippen molar-refractivity contribution < 1.29 is 14.5 Å². The SMILES string of the molecule is Cc1cc(C#N)ccc1C1=CC(NC(=O)C2CC2)Cc2[nH+]c[nH][n+]21. The molecule has 1 aromatic carbocycles. The third kappa shape index (κ3) is 2.58. The lowest BCUT2D eigenvalue weighted by Gasteiger charge is -2.17. The van der Waals surface area contributed by atoms with Crippen LogP contribution < -0.4 is 15.0 Å². The Morgan fingerprint density at radius 1 is 1.46 bits per heavy atom. The third-order valence-electron chi connectivity index (χ3n) is 4.62. The molecule has 1 atom stereocenters. The largest absolute Gasteiger partial charge is 0.364 e. The van der Waals surface area contributed by atoms with Gasteiger partial charge in [0.15, 0.2) is 0 Å². The summed E-state index contributed by atoms with van der Waals surface area (Å²) in [6.07, 6.45) is 6.60. The number of nitriles is 1. The number of hydrogen-bond acceptors (Lipinski definition) is 2. The van der Waals surface area contributed by atoms with Gasteiger partial charge in [-0.25, -0.2) is 0 Å². The molecular weight excluding hydrogens is 302 g/mol. The van der Waals surface area contributed by atoms with Crippen LogP contribution in [0.15, 0.2) is 30.6 Å². The van der Waals surface area contributed by atoms with Crippen molar-refractivity contribution in [1.82, 2.24) is 10.4 Å². The molecule has 1 aromatic heterocycles. The molecule has 2 aliphatic rings. The summed E-state index contributed by atoms with van der Waals surface area (Å²) in [5.74, 6) is 1.36. The van der Waals surface area contributed by atoms with E-state index in [1.807, 2.05) is 29.8 Å². The molecule has 3 N–H and O–H groups in total. The van der Waals surface area contributed by atoms with E-state index in [4.69, 9.17) is 5.26 Å². The van der Waals surface area contributed by atoms with Gasteiger partial charge in [-0.3, -0.25) is 4.79 Å². The Kier molecular flexibility index (Phi) is 3.42. The second-order valence-corrected chi connectivity index (χ2v) is 6.49. The fourth-order valence-electron chi connectivity index (χ4n) is 3.19. The Balaban J connectivity index is 1.71. The first kappa shape index (κ1) is 14.6. The van der Waals surface area contributed by atoms with Gasteiger partial charge < -0.3 is 5.32 Å².